The molecule has 2 aromatic rings. The number of halogens is 1. The minimum absolute atomic E-state index is 0.101. The van der Waals surface area contributed by atoms with Crippen molar-refractivity contribution in [2.45, 2.75) is 50.0 Å². The van der Waals surface area contributed by atoms with Crippen molar-refractivity contribution in [3.63, 3.8) is 0 Å². The summed E-state index contributed by atoms with van der Waals surface area (Å²) in [6.45, 7) is 2.81. The molecule has 3 aliphatic heterocycles. The molecule has 8 nitrogen and oxygen atoms in total. The molecule has 0 radical (unpaired) electrons. The Balaban J connectivity index is 1.37. The fraction of sp³-hybridized carbons (Fsp3) is 0.476. The molecule has 1 unspecified atom stereocenters. The van der Waals surface area contributed by atoms with Gasteiger partial charge in [-0.2, -0.15) is 13.7 Å². The number of ether oxygens (including phenoxy) is 1. The van der Waals surface area contributed by atoms with Crippen molar-refractivity contribution in [2.24, 2.45) is 0 Å². The van der Waals surface area contributed by atoms with Crippen LogP contribution < -0.4 is 9.64 Å². The van der Waals surface area contributed by atoms with Gasteiger partial charge in [0.25, 0.3) is 5.88 Å². The molecule has 3 aliphatic rings. The van der Waals surface area contributed by atoms with Gasteiger partial charge in [0.05, 0.1) is 22.8 Å². The number of nitrogens with zero attached hydrogens (tertiary/aromatic N) is 4. The fourth-order valence-electron chi connectivity index (χ4n) is 4.61. The third-order valence-electron chi connectivity index (χ3n) is 6.21. The van der Waals surface area contributed by atoms with Gasteiger partial charge in [-0.15, -0.1) is 0 Å². The van der Waals surface area contributed by atoms with E-state index in [9.17, 15) is 17.6 Å². The Hall–Kier alpha value is -2.59. The number of hydrogen-bond acceptors (Lipinski definition) is 6. The molecule has 1 aromatic heterocycles. The van der Waals surface area contributed by atoms with Gasteiger partial charge in [-0.05, 0) is 48.9 Å². The maximum Gasteiger partial charge on any atom is 0.254 e. The lowest BCUT2D eigenvalue weighted by molar-refractivity contribution is -0.118. The molecule has 0 N–H and O–H groups in total. The topological polar surface area (TPSA) is 92.7 Å². The minimum Gasteiger partial charge on any atom is -0.471 e. The molecule has 1 atom stereocenters. The molecule has 1 saturated heterocycles. The Morgan fingerprint density at radius 3 is 2.71 bits per heavy atom. The highest BCUT2D eigenvalue weighted by Gasteiger charge is 2.37. The summed E-state index contributed by atoms with van der Waals surface area (Å²) >= 11 is 0. The van der Waals surface area contributed by atoms with E-state index in [4.69, 9.17) is 4.74 Å². The van der Waals surface area contributed by atoms with Crippen molar-refractivity contribution < 1.29 is 22.3 Å². The highest BCUT2D eigenvalue weighted by Crippen LogP contribution is 2.39. The van der Waals surface area contributed by atoms with E-state index in [0.717, 1.165) is 16.8 Å². The van der Waals surface area contributed by atoms with Crippen LogP contribution in [-0.2, 0) is 34.1 Å². The van der Waals surface area contributed by atoms with Gasteiger partial charge < -0.3 is 9.64 Å². The second kappa shape index (κ2) is 7.52. The first-order chi connectivity index (χ1) is 14.9. The van der Waals surface area contributed by atoms with Crippen LogP contribution in [0.25, 0.3) is 0 Å². The third kappa shape index (κ3) is 3.38. The van der Waals surface area contributed by atoms with Gasteiger partial charge >= 0.3 is 0 Å². The smallest absolute Gasteiger partial charge is 0.254 e. The summed E-state index contributed by atoms with van der Waals surface area (Å²) in [7, 11) is -3.72. The van der Waals surface area contributed by atoms with Gasteiger partial charge in [-0.25, -0.2) is 13.4 Å². The minimum atomic E-state index is -3.72. The predicted octanol–water partition coefficient (Wildman–Crippen LogP) is 1.86. The molecule has 0 aliphatic carbocycles. The Labute approximate surface area is 180 Å². The van der Waals surface area contributed by atoms with E-state index < -0.39 is 21.9 Å². The van der Waals surface area contributed by atoms with Gasteiger partial charge in [0, 0.05) is 19.5 Å². The fourth-order valence-corrected chi connectivity index (χ4v) is 6.20. The van der Waals surface area contributed by atoms with Crippen molar-refractivity contribution >= 4 is 21.6 Å². The number of amides is 1. The number of carbonyl (C=O) groups excluding carboxylic acids is 1. The van der Waals surface area contributed by atoms with Crippen LogP contribution in [0.2, 0.25) is 0 Å². The Kier molecular flexibility index (Phi) is 4.93. The van der Waals surface area contributed by atoms with Crippen LogP contribution in [0.1, 0.15) is 36.6 Å². The van der Waals surface area contributed by atoms with E-state index >= 15 is 0 Å². The van der Waals surface area contributed by atoms with Crippen LogP contribution in [0.3, 0.4) is 0 Å². The van der Waals surface area contributed by atoms with Crippen LogP contribution >= 0.6 is 0 Å². The standard InChI is InChI=1S/C21H23FN4O4S/c1-2-17-19(22)21(24-12-23-17)30-15-6-7-25(11-15)31(28,29)16-9-13-3-4-18(27)26-8-5-14(10-16)20(13)26/h9-10,12,15H,2-8,11H2,1H3. The van der Waals surface area contributed by atoms with E-state index in [-0.39, 0.29) is 35.5 Å². The van der Waals surface area contributed by atoms with Crippen LogP contribution in [0.15, 0.2) is 23.4 Å². The lowest BCUT2D eigenvalue weighted by Gasteiger charge is -2.26. The quantitative estimate of drug-likeness (QED) is 0.696. The van der Waals surface area contributed by atoms with Crippen molar-refractivity contribution in [1.82, 2.24) is 14.3 Å². The summed E-state index contributed by atoms with van der Waals surface area (Å²) in [5.41, 5.74) is 2.98. The van der Waals surface area contributed by atoms with Gasteiger partial charge in [-0.3, -0.25) is 4.79 Å². The zero-order valence-corrected chi connectivity index (χ0v) is 18.0. The molecule has 31 heavy (non-hydrogen) atoms. The van der Waals surface area contributed by atoms with Gasteiger partial charge in [0.15, 0.2) is 0 Å². The second-order valence-corrected chi connectivity index (χ2v) is 10.0. The Morgan fingerprint density at radius 1 is 1.16 bits per heavy atom. The van der Waals surface area contributed by atoms with Crippen LogP contribution in [0.4, 0.5) is 10.1 Å². The van der Waals surface area contributed by atoms with Gasteiger partial charge in [-0.1, -0.05) is 6.92 Å². The summed E-state index contributed by atoms with van der Waals surface area (Å²) < 4.78 is 48.1. The maximum absolute atomic E-state index is 14.4. The first kappa shape index (κ1) is 20.3. The largest absolute Gasteiger partial charge is 0.471 e. The maximum atomic E-state index is 14.4. The molecule has 164 valence electrons. The summed E-state index contributed by atoms with van der Waals surface area (Å²) in [4.78, 5) is 21.9. The lowest BCUT2D eigenvalue weighted by Crippen LogP contribution is -2.33. The van der Waals surface area contributed by atoms with Gasteiger partial charge in [0.1, 0.15) is 12.4 Å². The zero-order valence-electron chi connectivity index (χ0n) is 17.2. The molecule has 10 heteroatoms. The number of aryl methyl sites for hydroxylation is 2. The number of aromatic nitrogens is 2. The number of rotatable bonds is 5. The number of carbonyl (C=O) groups is 1. The van der Waals surface area contributed by atoms with E-state index in [1.165, 1.54) is 10.6 Å². The normalized spacial score (nSPS) is 20.9. The van der Waals surface area contributed by atoms with E-state index in [1.807, 2.05) is 0 Å². The van der Waals surface area contributed by atoms with Crippen LogP contribution in [0, 0.1) is 5.82 Å². The molecular weight excluding hydrogens is 423 g/mol. The van der Waals surface area contributed by atoms with E-state index in [0.29, 0.717) is 38.6 Å². The summed E-state index contributed by atoms with van der Waals surface area (Å²) in [5, 5.41) is 0. The van der Waals surface area contributed by atoms with Crippen LogP contribution in [-0.4, -0.2) is 54.3 Å². The predicted molar refractivity (Wildman–Crippen MR) is 110 cm³/mol. The molecular formula is C21H23FN4O4S. The van der Waals surface area contributed by atoms with Crippen molar-refractivity contribution in [2.75, 3.05) is 24.5 Å². The summed E-state index contributed by atoms with van der Waals surface area (Å²) in [5.74, 6) is -0.629. The molecule has 0 saturated carbocycles. The molecule has 1 aromatic carbocycles. The van der Waals surface area contributed by atoms with Gasteiger partial charge in [0.2, 0.25) is 21.7 Å². The highest BCUT2D eigenvalue weighted by atomic mass is 32.2. The Bertz CT molecular complexity index is 1170. The molecule has 0 spiro atoms. The molecule has 1 fully saturated rings. The van der Waals surface area contributed by atoms with Crippen molar-refractivity contribution in [3.05, 3.63) is 41.1 Å². The van der Waals surface area contributed by atoms with Crippen molar-refractivity contribution in [3.8, 4) is 5.88 Å². The number of hydrogen-bond donors (Lipinski definition) is 0. The monoisotopic (exact) mass is 446 g/mol. The zero-order chi connectivity index (χ0) is 21.8. The number of benzene rings is 1. The summed E-state index contributed by atoms with van der Waals surface area (Å²) in [6, 6.07) is 3.39. The second-order valence-electron chi connectivity index (χ2n) is 8.07. The molecule has 1 amide bonds. The highest BCUT2D eigenvalue weighted by molar-refractivity contribution is 7.89. The Morgan fingerprint density at radius 2 is 1.94 bits per heavy atom. The lowest BCUT2D eigenvalue weighted by atomic mass is 10.00. The van der Waals surface area contributed by atoms with E-state index in [2.05, 4.69) is 9.97 Å². The molecule has 4 heterocycles. The number of anilines is 1. The number of sulfonamides is 1. The average molecular weight is 447 g/mol. The van der Waals surface area contributed by atoms with Crippen LogP contribution in [0.5, 0.6) is 5.88 Å². The van der Waals surface area contributed by atoms with Crippen molar-refractivity contribution in [1.29, 1.82) is 0 Å². The first-order valence-corrected chi connectivity index (χ1v) is 11.9. The molecule has 0 bridgehead atoms. The first-order valence-electron chi connectivity index (χ1n) is 10.5. The summed E-state index contributed by atoms with van der Waals surface area (Å²) in [6.07, 6.45) is 3.26. The third-order valence-corrected chi connectivity index (χ3v) is 8.06. The SMILES string of the molecule is CCc1ncnc(OC2CCN(S(=O)(=O)c3cc4c5c(c3)CCN5C(=O)CC4)C2)c1F. The average Bonchev–Trinajstić information content (AvgIpc) is 3.41. The van der Waals surface area contributed by atoms with E-state index in [1.54, 1.807) is 24.0 Å². The molecule has 5 rings (SSSR count).